The van der Waals surface area contributed by atoms with Gasteiger partial charge in [-0.05, 0) is 6.07 Å². The Labute approximate surface area is 98.5 Å². The van der Waals surface area contributed by atoms with Crippen LogP contribution in [-0.2, 0) is 0 Å². The summed E-state index contributed by atoms with van der Waals surface area (Å²) < 4.78 is 5.04. The van der Waals surface area contributed by atoms with E-state index in [9.17, 15) is 15.0 Å². The van der Waals surface area contributed by atoms with Gasteiger partial charge in [-0.1, -0.05) is 0 Å². The molecule has 17 heavy (non-hydrogen) atoms. The number of hydrogen-bond donors (Lipinski definition) is 2. The highest BCUT2D eigenvalue weighted by Crippen LogP contribution is 2.20. The van der Waals surface area contributed by atoms with E-state index in [0.29, 0.717) is 11.3 Å². The molecule has 1 aromatic rings. The predicted octanol–water partition coefficient (Wildman–Crippen LogP) is -0.732. The van der Waals surface area contributed by atoms with Gasteiger partial charge in [-0.2, -0.15) is 0 Å². The van der Waals surface area contributed by atoms with E-state index >= 15 is 0 Å². The van der Waals surface area contributed by atoms with E-state index in [4.69, 9.17) is 4.74 Å². The molecule has 1 amide bonds. The van der Waals surface area contributed by atoms with Gasteiger partial charge in [0.25, 0.3) is 5.91 Å². The van der Waals surface area contributed by atoms with Gasteiger partial charge in [0, 0.05) is 19.3 Å². The summed E-state index contributed by atoms with van der Waals surface area (Å²) in [4.78, 5) is 17.4. The van der Waals surface area contributed by atoms with Gasteiger partial charge in [-0.25, -0.2) is 0 Å². The Bertz CT molecular complexity index is 414. The number of amides is 1. The number of β-amino-alcohol motifs (C(OH)–C–C–N with tert-alkyl or cyclic N) is 2. The highest BCUT2D eigenvalue weighted by molar-refractivity contribution is 5.97. The molecule has 1 aliphatic heterocycles. The van der Waals surface area contributed by atoms with Crippen molar-refractivity contribution in [2.24, 2.45) is 0 Å². The predicted molar refractivity (Wildman–Crippen MR) is 58.7 cm³/mol. The number of ether oxygens (including phenoxy) is 1. The first-order valence-corrected chi connectivity index (χ1v) is 5.27. The lowest BCUT2D eigenvalue weighted by molar-refractivity contribution is 0.0572. The lowest BCUT2D eigenvalue weighted by Gasteiger charge is -2.16. The topological polar surface area (TPSA) is 82.9 Å². The van der Waals surface area contributed by atoms with Crippen molar-refractivity contribution in [1.29, 1.82) is 0 Å². The fourth-order valence-electron chi connectivity index (χ4n) is 1.82. The molecule has 0 saturated carbocycles. The summed E-state index contributed by atoms with van der Waals surface area (Å²) in [6, 6.07) is 1.55. The first-order chi connectivity index (χ1) is 8.13. The van der Waals surface area contributed by atoms with E-state index in [1.54, 1.807) is 6.07 Å². The number of aromatic nitrogens is 1. The van der Waals surface area contributed by atoms with E-state index < -0.39 is 12.2 Å². The van der Waals surface area contributed by atoms with Gasteiger partial charge >= 0.3 is 0 Å². The first-order valence-electron chi connectivity index (χ1n) is 5.27. The van der Waals surface area contributed by atoms with Crippen molar-refractivity contribution in [2.75, 3.05) is 20.2 Å². The van der Waals surface area contributed by atoms with Crippen LogP contribution in [0.15, 0.2) is 18.5 Å². The van der Waals surface area contributed by atoms with Crippen LogP contribution in [0, 0.1) is 0 Å². The maximum absolute atomic E-state index is 12.1. The number of rotatable bonds is 2. The van der Waals surface area contributed by atoms with Crippen LogP contribution in [-0.4, -0.2) is 58.4 Å². The number of pyridine rings is 1. The zero-order chi connectivity index (χ0) is 12.4. The molecule has 1 fully saturated rings. The summed E-state index contributed by atoms with van der Waals surface area (Å²) in [6.07, 6.45) is 1.19. The third-order valence-corrected chi connectivity index (χ3v) is 2.78. The highest BCUT2D eigenvalue weighted by atomic mass is 16.5. The van der Waals surface area contributed by atoms with Gasteiger partial charge in [0.1, 0.15) is 5.75 Å². The number of carbonyl (C=O) groups is 1. The molecular formula is C11H14N2O4. The summed E-state index contributed by atoms with van der Waals surface area (Å²) >= 11 is 0. The van der Waals surface area contributed by atoms with Crippen LogP contribution < -0.4 is 4.74 Å². The van der Waals surface area contributed by atoms with Crippen molar-refractivity contribution in [3.8, 4) is 5.75 Å². The molecule has 6 nitrogen and oxygen atoms in total. The van der Waals surface area contributed by atoms with Crippen LogP contribution in [0.3, 0.4) is 0 Å². The quantitative estimate of drug-likeness (QED) is 0.709. The Morgan fingerprint density at radius 2 is 2.12 bits per heavy atom. The van der Waals surface area contributed by atoms with Crippen LogP contribution in [0.4, 0.5) is 0 Å². The van der Waals surface area contributed by atoms with E-state index in [2.05, 4.69) is 4.98 Å². The van der Waals surface area contributed by atoms with Gasteiger partial charge < -0.3 is 19.8 Å². The molecule has 1 aliphatic rings. The number of aliphatic hydroxyl groups is 2. The highest BCUT2D eigenvalue weighted by Gasteiger charge is 2.33. The van der Waals surface area contributed by atoms with Crippen molar-refractivity contribution in [1.82, 2.24) is 9.88 Å². The summed E-state index contributed by atoms with van der Waals surface area (Å²) in [6.45, 7) is 0.261. The van der Waals surface area contributed by atoms with Gasteiger partial charge in [0.05, 0.1) is 31.1 Å². The van der Waals surface area contributed by atoms with Gasteiger partial charge in [-0.15, -0.1) is 0 Å². The van der Waals surface area contributed by atoms with Crippen molar-refractivity contribution >= 4 is 5.91 Å². The molecule has 0 aromatic carbocycles. The van der Waals surface area contributed by atoms with E-state index in [-0.39, 0.29) is 19.0 Å². The molecule has 92 valence electrons. The third kappa shape index (κ3) is 2.22. The summed E-state index contributed by atoms with van der Waals surface area (Å²) in [5, 5.41) is 18.8. The Morgan fingerprint density at radius 1 is 1.47 bits per heavy atom. The minimum Gasteiger partial charge on any atom is -0.494 e. The Kier molecular flexibility index (Phi) is 3.26. The molecule has 2 atom stereocenters. The van der Waals surface area contributed by atoms with Crippen LogP contribution in [0.5, 0.6) is 5.75 Å². The lowest BCUT2D eigenvalue weighted by Crippen LogP contribution is -2.30. The van der Waals surface area contributed by atoms with Crippen LogP contribution in [0.2, 0.25) is 0 Å². The second kappa shape index (κ2) is 4.68. The normalized spacial score (nSPS) is 23.8. The lowest BCUT2D eigenvalue weighted by atomic mass is 10.2. The van der Waals surface area contributed by atoms with Crippen LogP contribution in [0.25, 0.3) is 0 Å². The summed E-state index contributed by atoms with van der Waals surface area (Å²) in [5.74, 6) is 0.105. The molecule has 0 unspecified atom stereocenters. The maximum Gasteiger partial charge on any atom is 0.257 e. The molecule has 0 radical (unpaired) electrons. The number of methoxy groups -OCH3 is 1. The Morgan fingerprint density at radius 3 is 2.71 bits per heavy atom. The van der Waals surface area contributed by atoms with Crippen molar-refractivity contribution in [2.45, 2.75) is 12.2 Å². The zero-order valence-corrected chi connectivity index (χ0v) is 9.41. The minimum absolute atomic E-state index is 0.130. The van der Waals surface area contributed by atoms with E-state index in [0.717, 1.165) is 0 Å². The number of likely N-dealkylation sites (tertiary alicyclic amines) is 1. The smallest absolute Gasteiger partial charge is 0.257 e. The fourth-order valence-corrected chi connectivity index (χ4v) is 1.82. The van der Waals surface area contributed by atoms with E-state index in [1.807, 2.05) is 0 Å². The van der Waals surface area contributed by atoms with Crippen molar-refractivity contribution in [3.05, 3.63) is 24.0 Å². The second-order valence-corrected chi connectivity index (χ2v) is 3.92. The average molecular weight is 238 g/mol. The zero-order valence-electron chi connectivity index (χ0n) is 9.41. The SMILES string of the molecule is COc1cnccc1C(=O)N1C[C@@H](O)[C@@H](O)C1. The molecule has 0 aliphatic carbocycles. The molecule has 0 spiro atoms. The molecule has 1 aromatic heterocycles. The summed E-state index contributed by atoms with van der Waals surface area (Å²) in [7, 11) is 1.46. The number of aliphatic hydroxyl groups excluding tert-OH is 2. The monoisotopic (exact) mass is 238 g/mol. The van der Waals surface area contributed by atoms with Crippen LogP contribution >= 0.6 is 0 Å². The minimum atomic E-state index is -0.883. The maximum atomic E-state index is 12.1. The Hall–Kier alpha value is -1.66. The molecule has 6 heteroatoms. The third-order valence-electron chi connectivity index (χ3n) is 2.78. The standard InChI is InChI=1S/C11H14N2O4/c1-17-10-4-12-3-2-7(10)11(16)13-5-8(14)9(15)6-13/h2-4,8-9,14-15H,5-6H2,1H3/t8-,9+. The Balaban J connectivity index is 2.20. The largest absolute Gasteiger partial charge is 0.494 e. The average Bonchev–Trinajstić information content (AvgIpc) is 2.68. The molecule has 2 heterocycles. The molecular weight excluding hydrogens is 224 g/mol. The van der Waals surface area contributed by atoms with Gasteiger partial charge in [-0.3, -0.25) is 9.78 Å². The van der Waals surface area contributed by atoms with Crippen molar-refractivity contribution in [3.63, 3.8) is 0 Å². The number of carbonyl (C=O) groups excluding carboxylic acids is 1. The van der Waals surface area contributed by atoms with E-state index in [1.165, 1.54) is 24.4 Å². The van der Waals surface area contributed by atoms with Crippen molar-refractivity contribution < 1.29 is 19.7 Å². The van der Waals surface area contributed by atoms with Gasteiger partial charge in [0.15, 0.2) is 0 Å². The number of hydrogen-bond acceptors (Lipinski definition) is 5. The second-order valence-electron chi connectivity index (χ2n) is 3.92. The van der Waals surface area contributed by atoms with Gasteiger partial charge in [0.2, 0.25) is 0 Å². The molecule has 2 N–H and O–H groups in total. The summed E-state index contributed by atoms with van der Waals surface area (Å²) in [5.41, 5.74) is 0.379. The fraction of sp³-hybridized carbons (Fsp3) is 0.455. The molecule has 2 rings (SSSR count). The molecule has 1 saturated heterocycles. The molecule has 0 bridgehead atoms. The first kappa shape index (κ1) is 11.8. The van der Waals surface area contributed by atoms with Crippen LogP contribution in [0.1, 0.15) is 10.4 Å². The number of nitrogens with zero attached hydrogens (tertiary/aromatic N) is 2.